The Kier molecular flexibility index (Phi) is 5.32. The molecular weight excluding hydrogens is 265 g/mol. The topological polar surface area (TPSA) is 9.23 Å². The lowest BCUT2D eigenvalue weighted by atomic mass is 10.1. The molecule has 1 aromatic carbocycles. The van der Waals surface area contributed by atoms with Gasteiger partial charge in [0.2, 0.25) is 0 Å². The lowest BCUT2D eigenvalue weighted by molar-refractivity contribution is -0.139. The Morgan fingerprint density at radius 1 is 1.22 bits per heavy atom. The van der Waals surface area contributed by atoms with Gasteiger partial charge in [-0.15, -0.1) is 11.6 Å². The zero-order valence-corrected chi connectivity index (χ0v) is 11.1. The van der Waals surface area contributed by atoms with Gasteiger partial charge in [0, 0.05) is 5.88 Å². The number of alkyl halides is 4. The highest BCUT2D eigenvalue weighted by Gasteiger charge is 2.35. The van der Waals surface area contributed by atoms with Gasteiger partial charge in [0.05, 0.1) is 11.7 Å². The Morgan fingerprint density at radius 2 is 1.83 bits per heavy atom. The van der Waals surface area contributed by atoms with Crippen molar-refractivity contribution in [2.75, 3.05) is 0 Å². The Hall–Kier alpha value is -0.900. The van der Waals surface area contributed by atoms with Crippen LogP contribution in [-0.4, -0.2) is 6.10 Å². The molecular formula is C13H16ClF3O. The second kappa shape index (κ2) is 6.32. The third-order valence-corrected chi connectivity index (χ3v) is 3.02. The van der Waals surface area contributed by atoms with E-state index in [1.54, 1.807) is 6.07 Å². The second-order valence-electron chi connectivity index (χ2n) is 4.02. The molecule has 0 heterocycles. The van der Waals surface area contributed by atoms with E-state index < -0.39 is 11.7 Å². The molecule has 0 saturated heterocycles. The van der Waals surface area contributed by atoms with E-state index in [1.807, 2.05) is 13.8 Å². The SMILES string of the molecule is CCC(CC)Oc1ccc(CCl)cc1C(F)(F)F. The largest absolute Gasteiger partial charge is 0.490 e. The van der Waals surface area contributed by atoms with Gasteiger partial charge < -0.3 is 4.74 Å². The van der Waals surface area contributed by atoms with Crippen molar-refractivity contribution >= 4 is 11.6 Å². The smallest absolute Gasteiger partial charge is 0.419 e. The van der Waals surface area contributed by atoms with E-state index in [4.69, 9.17) is 16.3 Å². The number of halogens is 4. The molecule has 0 amide bonds. The minimum atomic E-state index is -4.43. The van der Waals surface area contributed by atoms with E-state index >= 15 is 0 Å². The van der Waals surface area contributed by atoms with Crippen LogP contribution in [0.25, 0.3) is 0 Å². The van der Waals surface area contributed by atoms with Crippen LogP contribution in [0.4, 0.5) is 13.2 Å². The Morgan fingerprint density at radius 3 is 2.28 bits per heavy atom. The Labute approximate surface area is 110 Å². The quantitative estimate of drug-likeness (QED) is 0.689. The maximum atomic E-state index is 12.9. The minimum Gasteiger partial charge on any atom is -0.490 e. The van der Waals surface area contributed by atoms with E-state index in [9.17, 15) is 13.2 Å². The molecule has 18 heavy (non-hydrogen) atoms. The average Bonchev–Trinajstić information content (AvgIpc) is 2.34. The van der Waals surface area contributed by atoms with Crippen LogP contribution in [0.3, 0.4) is 0 Å². The minimum absolute atomic E-state index is 0.0499. The summed E-state index contributed by atoms with van der Waals surface area (Å²) in [6.45, 7) is 3.77. The zero-order valence-electron chi connectivity index (χ0n) is 10.4. The molecule has 0 bridgehead atoms. The summed E-state index contributed by atoms with van der Waals surface area (Å²) < 4.78 is 44.1. The first-order chi connectivity index (χ1) is 8.42. The van der Waals surface area contributed by atoms with E-state index in [0.717, 1.165) is 6.07 Å². The van der Waals surface area contributed by atoms with Gasteiger partial charge in [0.1, 0.15) is 5.75 Å². The number of hydrogen-bond donors (Lipinski definition) is 0. The fourth-order valence-electron chi connectivity index (χ4n) is 1.62. The molecule has 1 nitrogen and oxygen atoms in total. The third-order valence-electron chi connectivity index (χ3n) is 2.71. The van der Waals surface area contributed by atoms with Crippen molar-refractivity contribution < 1.29 is 17.9 Å². The van der Waals surface area contributed by atoms with Crippen molar-refractivity contribution in [2.24, 2.45) is 0 Å². The third kappa shape index (κ3) is 3.80. The average molecular weight is 281 g/mol. The molecule has 0 aromatic heterocycles. The molecule has 0 aliphatic carbocycles. The van der Waals surface area contributed by atoms with Crippen LogP contribution >= 0.6 is 11.6 Å². The molecule has 1 rings (SSSR count). The van der Waals surface area contributed by atoms with E-state index in [0.29, 0.717) is 18.4 Å². The summed E-state index contributed by atoms with van der Waals surface area (Å²) in [4.78, 5) is 0. The zero-order chi connectivity index (χ0) is 13.8. The summed E-state index contributed by atoms with van der Waals surface area (Å²) in [5.41, 5.74) is -0.326. The van der Waals surface area contributed by atoms with Crippen LogP contribution in [0.2, 0.25) is 0 Å². The normalized spacial score (nSPS) is 11.9. The van der Waals surface area contributed by atoms with Crippen LogP contribution in [0, 0.1) is 0 Å². The molecule has 0 spiro atoms. The van der Waals surface area contributed by atoms with Gasteiger partial charge in [-0.25, -0.2) is 0 Å². The number of rotatable bonds is 5. The van der Waals surface area contributed by atoms with Crippen molar-refractivity contribution in [1.82, 2.24) is 0 Å². The highest BCUT2D eigenvalue weighted by molar-refractivity contribution is 6.17. The van der Waals surface area contributed by atoms with E-state index in [1.165, 1.54) is 6.07 Å². The molecule has 0 radical (unpaired) electrons. The molecule has 1 aromatic rings. The van der Waals surface area contributed by atoms with Gasteiger partial charge in [0.15, 0.2) is 0 Å². The maximum absolute atomic E-state index is 12.9. The lowest BCUT2D eigenvalue weighted by Gasteiger charge is -2.20. The van der Waals surface area contributed by atoms with Crippen LogP contribution < -0.4 is 4.74 Å². The standard InChI is InChI=1S/C13H16ClF3O/c1-3-10(4-2)18-12-6-5-9(8-14)7-11(12)13(15,16)17/h5-7,10H,3-4,8H2,1-2H3. The summed E-state index contributed by atoms with van der Waals surface area (Å²) in [6, 6.07) is 3.95. The number of hydrogen-bond acceptors (Lipinski definition) is 1. The van der Waals surface area contributed by atoms with E-state index in [-0.39, 0.29) is 17.7 Å². The fraction of sp³-hybridized carbons (Fsp3) is 0.538. The number of ether oxygens (including phenoxy) is 1. The summed E-state index contributed by atoms with van der Waals surface area (Å²) >= 11 is 5.55. The monoisotopic (exact) mass is 280 g/mol. The van der Waals surface area contributed by atoms with Crippen LogP contribution in [-0.2, 0) is 12.1 Å². The van der Waals surface area contributed by atoms with Gasteiger partial charge in [-0.3, -0.25) is 0 Å². The van der Waals surface area contributed by atoms with Gasteiger partial charge in [-0.05, 0) is 30.5 Å². The summed E-state index contributed by atoms with van der Waals surface area (Å²) in [6.07, 6.45) is -3.28. The number of benzene rings is 1. The van der Waals surface area contributed by atoms with Crippen LogP contribution in [0.1, 0.15) is 37.8 Å². The summed E-state index contributed by atoms with van der Waals surface area (Å²) in [5, 5.41) is 0. The molecule has 5 heteroatoms. The molecule has 0 saturated carbocycles. The van der Waals surface area contributed by atoms with Gasteiger partial charge >= 0.3 is 6.18 Å². The molecule has 102 valence electrons. The van der Waals surface area contributed by atoms with Crippen LogP contribution in [0.15, 0.2) is 18.2 Å². The summed E-state index contributed by atoms with van der Waals surface area (Å²) in [7, 11) is 0. The van der Waals surface area contributed by atoms with E-state index in [2.05, 4.69) is 0 Å². The van der Waals surface area contributed by atoms with Crippen molar-refractivity contribution in [3.8, 4) is 5.75 Å². The van der Waals surface area contributed by atoms with Gasteiger partial charge in [-0.1, -0.05) is 19.9 Å². The molecule has 0 N–H and O–H groups in total. The highest BCUT2D eigenvalue weighted by Crippen LogP contribution is 2.37. The van der Waals surface area contributed by atoms with Crippen molar-refractivity contribution in [3.05, 3.63) is 29.3 Å². The Bertz CT molecular complexity index is 386. The van der Waals surface area contributed by atoms with Crippen molar-refractivity contribution in [1.29, 1.82) is 0 Å². The molecule has 0 aliphatic heterocycles. The van der Waals surface area contributed by atoms with Gasteiger partial charge in [-0.2, -0.15) is 13.2 Å². The predicted octanol–water partition coefficient (Wildman–Crippen LogP) is 5.01. The first-order valence-electron chi connectivity index (χ1n) is 5.85. The molecule has 0 atom stereocenters. The van der Waals surface area contributed by atoms with Gasteiger partial charge in [0.25, 0.3) is 0 Å². The van der Waals surface area contributed by atoms with Crippen molar-refractivity contribution in [2.45, 2.75) is 44.8 Å². The van der Waals surface area contributed by atoms with Crippen molar-refractivity contribution in [3.63, 3.8) is 0 Å². The highest BCUT2D eigenvalue weighted by atomic mass is 35.5. The molecule has 0 fully saturated rings. The Balaban J connectivity index is 3.10. The lowest BCUT2D eigenvalue weighted by Crippen LogP contribution is -2.17. The first kappa shape index (κ1) is 15.2. The molecule has 0 aliphatic rings. The fourth-order valence-corrected chi connectivity index (χ4v) is 1.79. The first-order valence-corrected chi connectivity index (χ1v) is 6.38. The van der Waals surface area contributed by atoms with Crippen LogP contribution in [0.5, 0.6) is 5.75 Å². The second-order valence-corrected chi connectivity index (χ2v) is 4.29. The molecule has 0 unspecified atom stereocenters. The maximum Gasteiger partial charge on any atom is 0.419 e. The summed E-state index contributed by atoms with van der Waals surface area (Å²) in [5.74, 6) is -0.0704. The predicted molar refractivity (Wildman–Crippen MR) is 66.0 cm³/mol.